The van der Waals surface area contributed by atoms with E-state index in [1.54, 1.807) is 0 Å². The molecule has 0 aliphatic rings. The van der Waals surface area contributed by atoms with E-state index in [9.17, 15) is 0 Å². The Morgan fingerprint density at radius 1 is 0.727 bits per heavy atom. The van der Waals surface area contributed by atoms with Gasteiger partial charge < -0.3 is 0 Å². The van der Waals surface area contributed by atoms with Crippen LogP contribution in [0, 0.1) is 0 Å². The molecule has 0 heterocycles. The Labute approximate surface area is 80.4 Å². The first-order valence-corrected chi connectivity index (χ1v) is 9.58. The van der Waals surface area contributed by atoms with E-state index in [2.05, 4.69) is 27.7 Å². The van der Waals surface area contributed by atoms with E-state index in [1.807, 2.05) is 0 Å². The minimum atomic E-state index is -2.20. The summed E-state index contributed by atoms with van der Waals surface area (Å²) in [6.07, 6.45) is -2.20. The van der Waals surface area contributed by atoms with Crippen molar-refractivity contribution in [3.63, 3.8) is 0 Å². The monoisotopic (exact) mass is 214 g/mol. The average molecular weight is 214 g/mol. The van der Waals surface area contributed by atoms with Crippen LogP contribution in [-0.4, -0.2) is 23.0 Å². The minimum absolute atomic E-state index is 1.12. The molecule has 0 aromatic carbocycles. The van der Waals surface area contributed by atoms with E-state index in [4.69, 9.17) is 23.3 Å². The minimum Gasteiger partial charge on any atom is -0.208 e. The van der Waals surface area contributed by atoms with Gasteiger partial charge in [-0.2, -0.15) is 0 Å². The van der Waals surface area contributed by atoms with Gasteiger partial charge >= 0.3 is 0 Å². The van der Waals surface area contributed by atoms with Gasteiger partial charge in [-0.1, -0.05) is 27.7 Å². The third kappa shape index (κ3) is 2.04. The summed E-state index contributed by atoms with van der Waals surface area (Å²) in [5.74, 6) is 4.48. The van der Waals surface area contributed by atoms with E-state index in [1.165, 1.54) is 0 Å². The normalized spacial score (nSPS) is 19.1. The second kappa shape index (κ2) is 2.78. The van der Waals surface area contributed by atoms with Gasteiger partial charge in [0.25, 0.3) is 0 Å². The van der Waals surface area contributed by atoms with Gasteiger partial charge in [0.2, 0.25) is 0 Å². The molecule has 0 fully saturated rings. The molecule has 3 heteroatoms. The molecule has 0 aromatic heterocycles. The van der Waals surface area contributed by atoms with E-state index >= 15 is 0 Å². The van der Waals surface area contributed by atoms with Crippen molar-refractivity contribution in [2.24, 2.45) is 0 Å². The molecule has 0 saturated carbocycles. The Bertz CT molecular complexity index is 123. The molecule has 0 aromatic rings. The second-order valence-corrected chi connectivity index (χ2v) is 18.6. The maximum atomic E-state index is 4.95. The third-order valence-corrected chi connectivity index (χ3v) is 16.6. The zero-order valence-electron chi connectivity index (χ0n) is 8.13. The van der Waals surface area contributed by atoms with Crippen LogP contribution in [0.1, 0.15) is 27.7 Å². The first-order valence-electron chi connectivity index (χ1n) is 4.35. The average Bonchev–Trinajstić information content (AvgIpc) is 2.07. The predicted molar refractivity (Wildman–Crippen MR) is 67.7 cm³/mol. The lowest BCUT2D eigenvalue weighted by Crippen LogP contribution is -2.33. The molecule has 0 aliphatic carbocycles. The summed E-state index contributed by atoms with van der Waals surface area (Å²) >= 11 is 9.89. The summed E-state index contributed by atoms with van der Waals surface area (Å²) in [7, 11) is 0. The van der Waals surface area contributed by atoms with E-state index < -0.39 is 6.36 Å². The lowest BCUT2D eigenvalue weighted by Gasteiger charge is -2.71. The zero-order chi connectivity index (χ0) is 9.24. The summed E-state index contributed by atoms with van der Waals surface area (Å²) in [6, 6.07) is 0. The Morgan fingerprint density at radius 2 is 0.909 bits per heavy atom. The van der Waals surface area contributed by atoms with Crippen LogP contribution in [0.5, 0.6) is 0 Å². The molecule has 0 rings (SSSR count). The number of thiol groups is 2. The Morgan fingerprint density at radius 3 is 0.909 bits per heavy atom. The summed E-state index contributed by atoms with van der Waals surface area (Å²) in [5.41, 5.74) is 0. The van der Waals surface area contributed by atoms with Crippen LogP contribution in [0.25, 0.3) is 0 Å². The SMILES string of the molecule is CCS(S)(S)(CC)(CC)CC. The van der Waals surface area contributed by atoms with Crippen molar-refractivity contribution in [3.05, 3.63) is 0 Å². The van der Waals surface area contributed by atoms with Crippen molar-refractivity contribution in [2.45, 2.75) is 27.7 Å². The molecule has 11 heavy (non-hydrogen) atoms. The van der Waals surface area contributed by atoms with Gasteiger partial charge in [-0.25, -0.2) is 6.36 Å². The highest BCUT2D eigenvalue weighted by molar-refractivity contribution is 9.35. The fourth-order valence-electron chi connectivity index (χ4n) is 1.22. The van der Waals surface area contributed by atoms with Gasteiger partial charge in [0.1, 0.15) is 0 Å². The molecule has 0 nitrogen and oxygen atoms in total. The molecule has 0 spiro atoms. The van der Waals surface area contributed by atoms with Crippen molar-refractivity contribution in [3.8, 4) is 0 Å². The summed E-state index contributed by atoms with van der Waals surface area (Å²) in [6.45, 7) is 8.88. The number of hydrogen-bond donors (Lipinski definition) is 2. The van der Waals surface area contributed by atoms with E-state index in [-0.39, 0.29) is 0 Å². The van der Waals surface area contributed by atoms with Crippen molar-refractivity contribution in [1.29, 1.82) is 0 Å². The van der Waals surface area contributed by atoms with Gasteiger partial charge in [-0.3, -0.25) is 0 Å². The van der Waals surface area contributed by atoms with Crippen LogP contribution >= 0.6 is 29.7 Å². The van der Waals surface area contributed by atoms with Crippen LogP contribution in [0.2, 0.25) is 0 Å². The maximum Gasteiger partial charge on any atom is -0.0225 e. The van der Waals surface area contributed by atoms with Crippen LogP contribution in [0.15, 0.2) is 0 Å². The molecule has 72 valence electrons. The fourth-order valence-corrected chi connectivity index (χ4v) is 3.67. The highest BCUT2D eigenvalue weighted by Crippen LogP contribution is 2.95. The second-order valence-electron chi connectivity index (χ2n) is 3.49. The number of hydrogen-bond acceptors (Lipinski definition) is 2. The summed E-state index contributed by atoms with van der Waals surface area (Å²) in [5, 5.41) is 0. The van der Waals surface area contributed by atoms with Gasteiger partial charge in [0.05, 0.1) is 0 Å². The van der Waals surface area contributed by atoms with E-state index in [0.717, 1.165) is 23.0 Å². The quantitative estimate of drug-likeness (QED) is 0.518. The highest BCUT2D eigenvalue weighted by Gasteiger charge is 2.47. The third-order valence-electron chi connectivity index (χ3n) is 3.48. The highest BCUT2D eigenvalue weighted by atomic mass is 33.6. The lowest BCUT2D eigenvalue weighted by molar-refractivity contribution is 1.27. The molecule has 0 N–H and O–H groups in total. The standard InChI is InChI=1S/C8H22S3/c1-5-11(9,10,6-2,7-3)8-4/h9-10H,5-8H2,1-4H3. The van der Waals surface area contributed by atoms with Crippen LogP contribution < -0.4 is 0 Å². The largest absolute Gasteiger partial charge is 0.208 e. The summed E-state index contributed by atoms with van der Waals surface area (Å²) in [4.78, 5) is 0. The smallest absolute Gasteiger partial charge is 0.0225 e. The van der Waals surface area contributed by atoms with Gasteiger partial charge in [0, 0.05) is 0 Å². The maximum absolute atomic E-state index is 4.95. The molecule has 0 amide bonds. The van der Waals surface area contributed by atoms with Gasteiger partial charge in [0.15, 0.2) is 0 Å². The molecule has 0 saturated heterocycles. The lowest BCUT2D eigenvalue weighted by atomic mass is 10.9. The van der Waals surface area contributed by atoms with Crippen LogP contribution in [0.3, 0.4) is 0 Å². The fraction of sp³-hybridized carbons (Fsp3) is 1.00. The van der Waals surface area contributed by atoms with Crippen molar-refractivity contribution in [1.82, 2.24) is 0 Å². The number of rotatable bonds is 4. The predicted octanol–water partition coefficient (Wildman–Crippen LogP) is 3.63. The Hall–Kier alpha value is 1.05. The molecule has 0 atom stereocenters. The molecular weight excluding hydrogens is 192 g/mol. The summed E-state index contributed by atoms with van der Waals surface area (Å²) < 4.78 is 0. The molecule has 0 bridgehead atoms. The van der Waals surface area contributed by atoms with Crippen LogP contribution in [-0.2, 0) is 0 Å². The van der Waals surface area contributed by atoms with Gasteiger partial charge in [-0.15, -0.1) is 23.3 Å². The molecule has 0 unspecified atom stereocenters. The topological polar surface area (TPSA) is 0 Å². The van der Waals surface area contributed by atoms with Crippen LogP contribution in [0.4, 0.5) is 0 Å². The van der Waals surface area contributed by atoms with E-state index in [0.29, 0.717) is 0 Å². The molecule has 0 aliphatic heterocycles. The zero-order valence-corrected chi connectivity index (χ0v) is 10.7. The molecular formula is C8H22S3. The molecule has 0 radical (unpaired) electrons. The van der Waals surface area contributed by atoms with Crippen molar-refractivity contribution >= 4 is 29.7 Å². The Balaban J connectivity index is 5.04. The first-order chi connectivity index (χ1) is 4.80. The first kappa shape index (κ1) is 12.0. The van der Waals surface area contributed by atoms with Gasteiger partial charge in [-0.05, 0) is 23.0 Å². The van der Waals surface area contributed by atoms with Crippen molar-refractivity contribution < 1.29 is 0 Å². The Kier molecular flexibility index (Phi) is 3.04. The van der Waals surface area contributed by atoms with Crippen molar-refractivity contribution in [2.75, 3.05) is 23.0 Å².